The predicted molar refractivity (Wildman–Crippen MR) is 86.3 cm³/mol. The van der Waals surface area contributed by atoms with Gasteiger partial charge in [-0.05, 0) is 31.6 Å². The number of imide groups is 2. The highest BCUT2D eigenvalue weighted by Crippen LogP contribution is 2.35. The molecule has 3 aliphatic rings. The van der Waals surface area contributed by atoms with Crippen LogP contribution in [0.3, 0.4) is 0 Å². The second-order valence-electron chi connectivity index (χ2n) is 6.85. The summed E-state index contributed by atoms with van der Waals surface area (Å²) in [6, 6.07) is 0. The van der Waals surface area contributed by atoms with E-state index in [1.54, 1.807) is 0 Å². The first kappa shape index (κ1) is 16.6. The zero-order chi connectivity index (χ0) is 17.3. The Kier molecular flexibility index (Phi) is 4.64. The van der Waals surface area contributed by atoms with E-state index in [4.69, 9.17) is 0 Å². The van der Waals surface area contributed by atoms with Crippen molar-refractivity contribution in [1.82, 2.24) is 9.80 Å². The van der Waals surface area contributed by atoms with Gasteiger partial charge in [0.05, 0.1) is 11.8 Å². The van der Waals surface area contributed by atoms with Crippen molar-refractivity contribution in [2.45, 2.75) is 32.6 Å². The van der Waals surface area contributed by atoms with Crippen LogP contribution in [0.4, 0.5) is 0 Å². The molecule has 0 radical (unpaired) electrons. The second kappa shape index (κ2) is 6.71. The number of likely N-dealkylation sites (tertiary alicyclic amines) is 1. The molecule has 6 nitrogen and oxygen atoms in total. The number of allylic oxidation sites excluding steroid dienone is 2. The van der Waals surface area contributed by atoms with Gasteiger partial charge < -0.3 is 0 Å². The summed E-state index contributed by atoms with van der Waals surface area (Å²) in [5.74, 6) is -0.847. The lowest BCUT2D eigenvalue weighted by atomic mass is 9.85. The van der Waals surface area contributed by atoms with Crippen LogP contribution in [-0.4, -0.2) is 46.5 Å². The summed E-state index contributed by atoms with van der Waals surface area (Å²) in [6.07, 6.45) is 9.30. The van der Waals surface area contributed by atoms with Gasteiger partial charge in [0.2, 0.25) is 11.8 Å². The molecule has 128 valence electrons. The van der Waals surface area contributed by atoms with Crippen LogP contribution in [0, 0.1) is 17.8 Å². The van der Waals surface area contributed by atoms with Crippen LogP contribution in [0.1, 0.15) is 32.6 Å². The van der Waals surface area contributed by atoms with Crippen molar-refractivity contribution in [2.75, 3.05) is 13.1 Å². The highest BCUT2D eigenvalue weighted by Gasteiger charge is 2.46. The van der Waals surface area contributed by atoms with Crippen molar-refractivity contribution >= 4 is 23.6 Å². The van der Waals surface area contributed by atoms with Gasteiger partial charge in [-0.15, -0.1) is 0 Å². The summed E-state index contributed by atoms with van der Waals surface area (Å²) in [7, 11) is 0. The number of carbonyl (C=O) groups is 4. The summed E-state index contributed by atoms with van der Waals surface area (Å²) in [4.78, 5) is 50.4. The molecule has 2 heterocycles. The molecule has 2 aliphatic heterocycles. The Morgan fingerprint density at radius 2 is 1.50 bits per heavy atom. The second-order valence-corrected chi connectivity index (χ2v) is 6.85. The Labute approximate surface area is 141 Å². The molecule has 24 heavy (non-hydrogen) atoms. The summed E-state index contributed by atoms with van der Waals surface area (Å²) in [5.41, 5.74) is 0. The minimum Gasteiger partial charge on any atom is -0.282 e. The quantitative estimate of drug-likeness (QED) is 0.543. The molecular formula is C18H22N2O4. The minimum atomic E-state index is -0.270. The lowest BCUT2D eigenvalue weighted by Gasteiger charge is -2.20. The van der Waals surface area contributed by atoms with Crippen molar-refractivity contribution in [3.05, 3.63) is 24.3 Å². The normalized spacial score (nSPS) is 27.4. The molecular weight excluding hydrogens is 308 g/mol. The maximum atomic E-state index is 12.4. The third-order valence-corrected chi connectivity index (χ3v) is 5.07. The molecule has 0 N–H and O–H groups in total. The third-order valence-electron chi connectivity index (χ3n) is 5.07. The Bertz CT molecular complexity index is 593. The number of hydrogen-bond acceptors (Lipinski definition) is 4. The van der Waals surface area contributed by atoms with Crippen LogP contribution in [0.15, 0.2) is 24.3 Å². The molecule has 0 aromatic heterocycles. The number of nitrogens with zero attached hydrogens (tertiary/aromatic N) is 2. The van der Waals surface area contributed by atoms with Crippen LogP contribution in [0.25, 0.3) is 0 Å². The van der Waals surface area contributed by atoms with Gasteiger partial charge in [0.25, 0.3) is 11.8 Å². The number of amides is 4. The Balaban J connectivity index is 1.46. The fourth-order valence-corrected chi connectivity index (χ4v) is 3.70. The van der Waals surface area contributed by atoms with Crippen molar-refractivity contribution in [2.24, 2.45) is 17.8 Å². The van der Waals surface area contributed by atoms with Crippen LogP contribution in [0.2, 0.25) is 0 Å². The average Bonchev–Trinajstić information content (AvgIpc) is 3.01. The van der Waals surface area contributed by atoms with Gasteiger partial charge in [-0.2, -0.15) is 0 Å². The fraction of sp³-hybridized carbons (Fsp3) is 0.556. The number of hydrogen-bond donors (Lipinski definition) is 0. The van der Waals surface area contributed by atoms with Crippen molar-refractivity contribution in [1.29, 1.82) is 0 Å². The van der Waals surface area contributed by atoms with Gasteiger partial charge in [0, 0.05) is 25.2 Å². The molecule has 0 saturated carbocycles. The number of carbonyl (C=O) groups excluding carboxylic acids is 4. The molecule has 3 atom stereocenters. The topological polar surface area (TPSA) is 74.8 Å². The van der Waals surface area contributed by atoms with Gasteiger partial charge in [-0.3, -0.25) is 29.0 Å². The summed E-state index contributed by atoms with van der Waals surface area (Å²) >= 11 is 0. The largest absolute Gasteiger partial charge is 0.282 e. The van der Waals surface area contributed by atoms with Gasteiger partial charge in [-0.1, -0.05) is 19.1 Å². The minimum absolute atomic E-state index is 0.0453. The molecule has 3 unspecified atom stereocenters. The first-order valence-corrected chi connectivity index (χ1v) is 8.52. The Hall–Kier alpha value is -2.24. The van der Waals surface area contributed by atoms with Gasteiger partial charge in [0.15, 0.2) is 0 Å². The van der Waals surface area contributed by atoms with Gasteiger partial charge >= 0.3 is 0 Å². The molecule has 3 rings (SSSR count). The van der Waals surface area contributed by atoms with Crippen molar-refractivity contribution < 1.29 is 19.2 Å². The van der Waals surface area contributed by atoms with E-state index in [-0.39, 0.29) is 41.4 Å². The van der Waals surface area contributed by atoms with E-state index < -0.39 is 0 Å². The van der Waals surface area contributed by atoms with Crippen LogP contribution in [-0.2, 0) is 19.2 Å². The standard InChI is InChI=1S/C18H22N2O4/c1-12(11-20-15(21)8-9-16(20)22)5-4-10-19-17(23)13-6-2-3-7-14(13)18(19)24/h2-3,8-9,12-14H,4-7,10-11H2,1H3. The smallest absolute Gasteiger partial charge is 0.253 e. The maximum Gasteiger partial charge on any atom is 0.253 e. The lowest BCUT2D eigenvalue weighted by Crippen LogP contribution is -2.35. The molecule has 1 aliphatic carbocycles. The molecule has 0 bridgehead atoms. The van der Waals surface area contributed by atoms with Gasteiger partial charge in [-0.25, -0.2) is 0 Å². The van der Waals surface area contributed by atoms with E-state index >= 15 is 0 Å². The van der Waals surface area contributed by atoms with E-state index in [2.05, 4.69) is 0 Å². The highest BCUT2D eigenvalue weighted by molar-refractivity contribution is 6.12. The molecule has 0 aromatic rings. The zero-order valence-electron chi connectivity index (χ0n) is 13.8. The summed E-state index contributed by atoms with van der Waals surface area (Å²) in [6.45, 7) is 2.77. The van der Waals surface area contributed by atoms with E-state index in [1.807, 2.05) is 19.1 Å². The van der Waals surface area contributed by atoms with E-state index in [0.717, 1.165) is 6.42 Å². The average molecular weight is 330 g/mol. The van der Waals surface area contributed by atoms with Crippen molar-refractivity contribution in [3.8, 4) is 0 Å². The Morgan fingerprint density at radius 3 is 2.04 bits per heavy atom. The first-order valence-electron chi connectivity index (χ1n) is 8.52. The molecule has 1 fully saturated rings. The summed E-state index contributed by atoms with van der Waals surface area (Å²) < 4.78 is 0. The summed E-state index contributed by atoms with van der Waals surface area (Å²) in [5, 5.41) is 0. The lowest BCUT2D eigenvalue weighted by molar-refractivity contribution is -0.140. The monoisotopic (exact) mass is 330 g/mol. The highest BCUT2D eigenvalue weighted by atomic mass is 16.2. The van der Waals surface area contributed by atoms with E-state index in [1.165, 1.54) is 22.0 Å². The number of fused-ring (bicyclic) bond motifs is 1. The maximum absolute atomic E-state index is 12.4. The Morgan fingerprint density at radius 1 is 0.958 bits per heavy atom. The SMILES string of the molecule is CC(CCCN1C(=O)C2CC=CCC2C1=O)CN1C(=O)C=CC1=O. The molecule has 6 heteroatoms. The van der Waals surface area contributed by atoms with Crippen molar-refractivity contribution in [3.63, 3.8) is 0 Å². The molecule has 0 spiro atoms. The molecule has 4 amide bonds. The fourth-order valence-electron chi connectivity index (χ4n) is 3.70. The first-order chi connectivity index (χ1) is 11.5. The zero-order valence-corrected chi connectivity index (χ0v) is 13.8. The van der Waals surface area contributed by atoms with Crippen LogP contribution >= 0.6 is 0 Å². The molecule has 1 saturated heterocycles. The third kappa shape index (κ3) is 3.05. The van der Waals surface area contributed by atoms with Crippen LogP contribution < -0.4 is 0 Å². The van der Waals surface area contributed by atoms with Gasteiger partial charge in [0.1, 0.15) is 0 Å². The van der Waals surface area contributed by atoms with E-state index in [0.29, 0.717) is 32.4 Å². The number of rotatable bonds is 6. The van der Waals surface area contributed by atoms with Crippen LogP contribution in [0.5, 0.6) is 0 Å². The van der Waals surface area contributed by atoms with E-state index in [9.17, 15) is 19.2 Å². The molecule has 0 aromatic carbocycles. The predicted octanol–water partition coefficient (Wildman–Crippen LogP) is 1.28.